The number of aryl methyl sites for hydroxylation is 1. The fourth-order valence-electron chi connectivity index (χ4n) is 4.32. The molecule has 0 saturated heterocycles. The number of carbonyl (C=O) groups excluding carboxylic acids is 1. The Morgan fingerprint density at radius 1 is 1.13 bits per heavy atom. The van der Waals surface area contributed by atoms with E-state index in [1.165, 1.54) is 5.56 Å². The average Bonchev–Trinajstić information content (AvgIpc) is 3.54. The number of hydrogen-bond acceptors (Lipinski definition) is 2. The van der Waals surface area contributed by atoms with E-state index in [1.807, 2.05) is 23.3 Å². The number of rotatable bonds is 5. The molecular weight excluding hydrogens is 372 g/mol. The first kappa shape index (κ1) is 18.7. The van der Waals surface area contributed by atoms with Crippen molar-refractivity contribution in [2.24, 2.45) is 5.92 Å². The van der Waals surface area contributed by atoms with E-state index in [2.05, 4.69) is 64.8 Å². The Bertz CT molecular complexity index is 1180. The maximum Gasteiger partial charge on any atom is 0.227 e. The largest absolute Gasteiger partial charge is 0.359 e. The molecule has 2 aromatic carbocycles. The minimum Gasteiger partial charge on any atom is -0.359 e. The van der Waals surface area contributed by atoms with Gasteiger partial charge in [-0.2, -0.15) is 5.10 Å². The molecule has 1 amide bonds. The molecule has 1 saturated carbocycles. The van der Waals surface area contributed by atoms with Crippen molar-refractivity contribution in [3.8, 4) is 16.8 Å². The third-order valence-corrected chi connectivity index (χ3v) is 6.19. The van der Waals surface area contributed by atoms with Crippen LogP contribution in [0.3, 0.4) is 0 Å². The highest BCUT2D eigenvalue weighted by atomic mass is 16.1. The van der Waals surface area contributed by atoms with Crippen molar-refractivity contribution in [1.29, 1.82) is 0 Å². The third-order valence-electron chi connectivity index (χ3n) is 6.19. The number of hydrogen-bond donors (Lipinski definition) is 2. The summed E-state index contributed by atoms with van der Waals surface area (Å²) in [6.45, 7) is 2.16. The van der Waals surface area contributed by atoms with Crippen LogP contribution in [0.1, 0.15) is 38.2 Å². The van der Waals surface area contributed by atoms with Crippen LogP contribution in [-0.2, 0) is 11.2 Å². The minimum atomic E-state index is 0.141. The van der Waals surface area contributed by atoms with Crippen molar-refractivity contribution in [1.82, 2.24) is 14.8 Å². The first-order chi connectivity index (χ1) is 14.7. The van der Waals surface area contributed by atoms with E-state index >= 15 is 0 Å². The van der Waals surface area contributed by atoms with Crippen LogP contribution < -0.4 is 5.32 Å². The molecule has 2 N–H and O–H groups in total. The highest BCUT2D eigenvalue weighted by Gasteiger charge is 2.23. The van der Waals surface area contributed by atoms with Gasteiger partial charge >= 0.3 is 0 Å². The van der Waals surface area contributed by atoms with Gasteiger partial charge in [0.15, 0.2) is 0 Å². The van der Waals surface area contributed by atoms with Gasteiger partial charge in [-0.25, -0.2) is 4.68 Å². The second-order valence-corrected chi connectivity index (χ2v) is 8.13. The van der Waals surface area contributed by atoms with Crippen molar-refractivity contribution in [3.05, 3.63) is 66.6 Å². The van der Waals surface area contributed by atoms with Crippen LogP contribution in [0, 0.1) is 5.92 Å². The van der Waals surface area contributed by atoms with E-state index in [0.717, 1.165) is 65.5 Å². The summed E-state index contributed by atoms with van der Waals surface area (Å²) in [5.74, 6) is 0.289. The lowest BCUT2D eigenvalue weighted by Crippen LogP contribution is -2.19. The molecule has 0 unspecified atom stereocenters. The molecule has 2 aromatic heterocycles. The number of H-pyrrole nitrogens is 1. The SMILES string of the molecule is CCc1ccc(-n2cc(-c3ccc4[nH]cc(NC(=O)C5CCCC5)c4c3)cn2)cc1. The fourth-order valence-corrected chi connectivity index (χ4v) is 4.32. The van der Waals surface area contributed by atoms with E-state index in [-0.39, 0.29) is 11.8 Å². The second kappa shape index (κ2) is 7.82. The van der Waals surface area contributed by atoms with E-state index in [9.17, 15) is 4.79 Å². The molecule has 0 atom stereocenters. The molecule has 4 aromatic rings. The number of nitrogens with zero attached hydrogens (tertiary/aromatic N) is 2. The first-order valence-corrected chi connectivity index (χ1v) is 10.8. The zero-order valence-corrected chi connectivity index (χ0v) is 17.2. The summed E-state index contributed by atoms with van der Waals surface area (Å²) in [7, 11) is 0. The monoisotopic (exact) mass is 398 g/mol. The van der Waals surface area contributed by atoms with Crippen molar-refractivity contribution in [2.45, 2.75) is 39.0 Å². The number of fused-ring (bicyclic) bond motifs is 1. The maximum absolute atomic E-state index is 12.6. The molecule has 0 bridgehead atoms. The summed E-state index contributed by atoms with van der Waals surface area (Å²) in [4.78, 5) is 15.8. The molecule has 2 heterocycles. The summed E-state index contributed by atoms with van der Waals surface area (Å²) in [6.07, 6.45) is 11.2. The minimum absolute atomic E-state index is 0.141. The van der Waals surface area contributed by atoms with Gasteiger partial charge in [0.05, 0.1) is 17.6 Å². The topological polar surface area (TPSA) is 62.7 Å². The Morgan fingerprint density at radius 3 is 2.70 bits per heavy atom. The summed E-state index contributed by atoms with van der Waals surface area (Å²) >= 11 is 0. The van der Waals surface area contributed by atoms with Gasteiger partial charge in [-0.05, 0) is 54.7 Å². The summed E-state index contributed by atoms with van der Waals surface area (Å²) in [5.41, 5.74) is 6.36. The predicted octanol–water partition coefficient (Wildman–Crippen LogP) is 5.71. The molecule has 1 aliphatic carbocycles. The molecule has 0 spiro atoms. The molecule has 0 radical (unpaired) electrons. The van der Waals surface area contributed by atoms with Gasteiger partial charge in [0.1, 0.15) is 0 Å². The maximum atomic E-state index is 12.6. The lowest BCUT2D eigenvalue weighted by Gasteiger charge is -2.09. The first-order valence-electron chi connectivity index (χ1n) is 10.8. The predicted molar refractivity (Wildman–Crippen MR) is 121 cm³/mol. The molecule has 1 aliphatic rings. The highest BCUT2D eigenvalue weighted by Crippen LogP contribution is 2.31. The Balaban J connectivity index is 1.42. The molecule has 5 nitrogen and oxygen atoms in total. The quantitative estimate of drug-likeness (QED) is 0.452. The van der Waals surface area contributed by atoms with E-state index in [4.69, 9.17) is 0 Å². The van der Waals surface area contributed by atoms with Crippen LogP contribution >= 0.6 is 0 Å². The number of aromatic nitrogens is 3. The smallest absolute Gasteiger partial charge is 0.227 e. The van der Waals surface area contributed by atoms with Gasteiger partial charge in [-0.15, -0.1) is 0 Å². The van der Waals surface area contributed by atoms with Crippen LogP contribution in [0.15, 0.2) is 61.1 Å². The molecule has 1 fully saturated rings. The summed E-state index contributed by atoms with van der Waals surface area (Å²) < 4.78 is 1.90. The Morgan fingerprint density at radius 2 is 1.93 bits per heavy atom. The van der Waals surface area contributed by atoms with Crippen molar-refractivity contribution in [3.63, 3.8) is 0 Å². The van der Waals surface area contributed by atoms with Crippen LogP contribution in [0.5, 0.6) is 0 Å². The van der Waals surface area contributed by atoms with Gasteiger partial charge in [0.2, 0.25) is 5.91 Å². The average molecular weight is 399 g/mol. The zero-order valence-electron chi connectivity index (χ0n) is 17.2. The summed E-state index contributed by atoms with van der Waals surface area (Å²) in [5, 5.41) is 8.71. The lowest BCUT2D eigenvalue weighted by molar-refractivity contribution is -0.119. The normalized spacial score (nSPS) is 14.4. The van der Waals surface area contributed by atoms with Crippen molar-refractivity contribution in [2.75, 3.05) is 5.32 Å². The van der Waals surface area contributed by atoms with Crippen LogP contribution in [0.4, 0.5) is 5.69 Å². The number of anilines is 1. The number of aromatic amines is 1. The number of amides is 1. The van der Waals surface area contributed by atoms with Gasteiger partial charge in [0, 0.05) is 34.8 Å². The van der Waals surface area contributed by atoms with Gasteiger partial charge in [-0.3, -0.25) is 4.79 Å². The molecule has 30 heavy (non-hydrogen) atoms. The van der Waals surface area contributed by atoms with Crippen molar-refractivity contribution >= 4 is 22.5 Å². The van der Waals surface area contributed by atoms with Gasteiger partial charge < -0.3 is 10.3 Å². The van der Waals surface area contributed by atoms with Gasteiger partial charge in [0.25, 0.3) is 0 Å². The van der Waals surface area contributed by atoms with Gasteiger partial charge in [-0.1, -0.05) is 38.0 Å². The fraction of sp³-hybridized carbons (Fsp3) is 0.280. The second-order valence-electron chi connectivity index (χ2n) is 8.13. The Labute approximate surface area is 176 Å². The highest BCUT2D eigenvalue weighted by molar-refractivity contribution is 6.03. The molecule has 152 valence electrons. The Hall–Kier alpha value is -3.34. The zero-order chi connectivity index (χ0) is 20.5. The van der Waals surface area contributed by atoms with E-state index < -0.39 is 0 Å². The molecule has 5 heteroatoms. The number of benzene rings is 2. The van der Waals surface area contributed by atoms with Crippen LogP contribution in [0.2, 0.25) is 0 Å². The van der Waals surface area contributed by atoms with Crippen LogP contribution in [0.25, 0.3) is 27.7 Å². The Kier molecular flexibility index (Phi) is 4.87. The molecular formula is C25H26N4O. The lowest BCUT2D eigenvalue weighted by atomic mass is 10.1. The van der Waals surface area contributed by atoms with Crippen molar-refractivity contribution < 1.29 is 4.79 Å². The van der Waals surface area contributed by atoms with E-state index in [1.54, 1.807) is 0 Å². The molecule has 0 aliphatic heterocycles. The van der Waals surface area contributed by atoms with Crippen LogP contribution in [-0.4, -0.2) is 20.7 Å². The molecule has 5 rings (SSSR count). The number of carbonyl (C=O) groups is 1. The third kappa shape index (κ3) is 3.52. The van der Waals surface area contributed by atoms with E-state index in [0.29, 0.717) is 0 Å². The standard InChI is InChI=1S/C25H26N4O/c1-2-17-7-10-21(11-8-17)29-16-20(14-27-29)19-9-12-23-22(13-19)24(15-26-23)28-25(30)18-5-3-4-6-18/h7-16,18,26H,2-6H2,1H3,(H,28,30). The number of nitrogens with one attached hydrogen (secondary N) is 2. The summed E-state index contributed by atoms with van der Waals surface area (Å²) in [6, 6.07) is 14.7.